The van der Waals surface area contributed by atoms with Gasteiger partial charge in [-0.1, -0.05) is 29.8 Å². The quantitative estimate of drug-likeness (QED) is 0.733. The Labute approximate surface area is 190 Å². The van der Waals surface area contributed by atoms with Gasteiger partial charge in [0.25, 0.3) is 0 Å². The lowest BCUT2D eigenvalue weighted by Crippen LogP contribution is -2.50. The van der Waals surface area contributed by atoms with Crippen LogP contribution >= 0.6 is 0 Å². The van der Waals surface area contributed by atoms with Gasteiger partial charge in [-0.05, 0) is 44.6 Å². The van der Waals surface area contributed by atoms with Crippen molar-refractivity contribution in [2.45, 2.75) is 57.4 Å². The van der Waals surface area contributed by atoms with Crippen LogP contribution in [0, 0.1) is 12.8 Å². The standard InChI is InChI=1S/C25H35N3O4/c1-19-4-6-20(7-5-19)17-25(10-8-22(29)26-25)11-9-23(30)28-12-2-3-21(18-28)24(31)27-13-15-32-16-14-27/h4-7,21H,2-3,8-18H2,1H3,(H,26,29). The fraction of sp³-hybridized carbons (Fsp3) is 0.640. The van der Waals surface area contributed by atoms with Gasteiger partial charge in [0.15, 0.2) is 0 Å². The van der Waals surface area contributed by atoms with E-state index in [4.69, 9.17) is 4.74 Å². The minimum absolute atomic E-state index is 0.0682. The highest BCUT2D eigenvalue weighted by Crippen LogP contribution is 2.30. The van der Waals surface area contributed by atoms with Crippen molar-refractivity contribution >= 4 is 17.7 Å². The van der Waals surface area contributed by atoms with Crippen LogP contribution in [0.1, 0.15) is 49.7 Å². The van der Waals surface area contributed by atoms with Gasteiger partial charge in [-0.25, -0.2) is 0 Å². The average molecular weight is 442 g/mol. The molecule has 174 valence electrons. The summed E-state index contributed by atoms with van der Waals surface area (Å²) in [7, 11) is 0. The molecule has 0 aliphatic carbocycles. The minimum Gasteiger partial charge on any atom is -0.378 e. The summed E-state index contributed by atoms with van der Waals surface area (Å²) >= 11 is 0. The van der Waals surface area contributed by atoms with Gasteiger partial charge in [0.05, 0.1) is 19.1 Å². The maximum atomic E-state index is 13.1. The number of benzene rings is 1. The smallest absolute Gasteiger partial charge is 0.227 e. The summed E-state index contributed by atoms with van der Waals surface area (Å²) in [5.41, 5.74) is 2.03. The van der Waals surface area contributed by atoms with Crippen molar-refractivity contribution in [3.05, 3.63) is 35.4 Å². The first-order valence-electron chi connectivity index (χ1n) is 11.9. The Morgan fingerprint density at radius 1 is 1.12 bits per heavy atom. The second kappa shape index (κ2) is 10.0. The van der Waals surface area contributed by atoms with Gasteiger partial charge in [0.2, 0.25) is 17.7 Å². The molecule has 7 heteroatoms. The van der Waals surface area contributed by atoms with Crippen LogP contribution in [0.5, 0.6) is 0 Å². The van der Waals surface area contributed by atoms with Crippen LogP contribution in [0.25, 0.3) is 0 Å². The molecule has 7 nitrogen and oxygen atoms in total. The largest absolute Gasteiger partial charge is 0.378 e. The Balaban J connectivity index is 1.34. The summed E-state index contributed by atoms with van der Waals surface area (Å²) in [6.07, 6.45) is 4.73. The van der Waals surface area contributed by atoms with Gasteiger partial charge in [-0.2, -0.15) is 0 Å². The highest BCUT2D eigenvalue weighted by molar-refractivity contribution is 5.82. The molecule has 1 aromatic rings. The molecule has 0 aromatic heterocycles. The Hall–Kier alpha value is -2.41. The summed E-state index contributed by atoms with van der Waals surface area (Å²) < 4.78 is 5.35. The zero-order chi connectivity index (χ0) is 22.6. The van der Waals surface area contributed by atoms with Gasteiger partial charge in [-0.15, -0.1) is 0 Å². The van der Waals surface area contributed by atoms with E-state index in [0.717, 1.165) is 25.7 Å². The zero-order valence-corrected chi connectivity index (χ0v) is 19.1. The van der Waals surface area contributed by atoms with Crippen LogP contribution in [0.4, 0.5) is 0 Å². The summed E-state index contributed by atoms with van der Waals surface area (Å²) in [4.78, 5) is 41.8. The lowest BCUT2D eigenvalue weighted by Gasteiger charge is -2.37. The summed E-state index contributed by atoms with van der Waals surface area (Å²) in [6.45, 7) is 5.75. The first-order valence-corrected chi connectivity index (χ1v) is 11.9. The number of amides is 3. The molecule has 3 heterocycles. The molecule has 1 aromatic carbocycles. The van der Waals surface area contributed by atoms with Gasteiger partial charge in [0, 0.05) is 44.6 Å². The topological polar surface area (TPSA) is 79.0 Å². The first-order chi connectivity index (χ1) is 15.4. The molecule has 0 saturated carbocycles. The maximum absolute atomic E-state index is 13.1. The van der Waals surface area contributed by atoms with Gasteiger partial charge < -0.3 is 19.9 Å². The zero-order valence-electron chi connectivity index (χ0n) is 19.1. The number of morpholine rings is 1. The molecule has 0 bridgehead atoms. The van der Waals surface area contributed by atoms with Crippen LogP contribution in [0.15, 0.2) is 24.3 Å². The Bertz CT molecular complexity index is 834. The number of aryl methyl sites for hydroxylation is 1. The first kappa shape index (κ1) is 22.8. The van der Waals surface area contributed by atoms with Crippen molar-refractivity contribution in [1.82, 2.24) is 15.1 Å². The summed E-state index contributed by atoms with van der Waals surface area (Å²) in [6, 6.07) is 8.39. The number of hydrogen-bond acceptors (Lipinski definition) is 4. The average Bonchev–Trinajstić information content (AvgIpc) is 3.19. The summed E-state index contributed by atoms with van der Waals surface area (Å²) in [5, 5.41) is 3.18. The Morgan fingerprint density at radius 2 is 1.88 bits per heavy atom. The molecule has 3 fully saturated rings. The van der Waals surface area contributed by atoms with Crippen molar-refractivity contribution in [3.63, 3.8) is 0 Å². The van der Waals surface area contributed by atoms with E-state index in [0.29, 0.717) is 58.7 Å². The third-order valence-corrected chi connectivity index (χ3v) is 7.16. The van der Waals surface area contributed by atoms with Crippen molar-refractivity contribution in [3.8, 4) is 0 Å². The number of carbonyl (C=O) groups excluding carboxylic acids is 3. The van der Waals surface area contributed by atoms with E-state index in [2.05, 4.69) is 36.5 Å². The van der Waals surface area contributed by atoms with E-state index in [9.17, 15) is 14.4 Å². The van der Waals surface area contributed by atoms with Crippen LogP contribution < -0.4 is 5.32 Å². The van der Waals surface area contributed by atoms with E-state index in [1.807, 2.05) is 9.80 Å². The normalized spacial score (nSPS) is 26.2. The third-order valence-electron chi connectivity index (χ3n) is 7.16. The number of likely N-dealkylation sites (tertiary alicyclic amines) is 1. The van der Waals surface area contributed by atoms with E-state index in [1.54, 1.807) is 0 Å². The monoisotopic (exact) mass is 441 g/mol. The molecule has 3 saturated heterocycles. The maximum Gasteiger partial charge on any atom is 0.227 e. The SMILES string of the molecule is Cc1ccc(CC2(CCC(=O)N3CCCC(C(=O)N4CCOCC4)C3)CCC(=O)N2)cc1. The fourth-order valence-electron chi connectivity index (χ4n) is 5.23. The fourth-order valence-corrected chi connectivity index (χ4v) is 5.23. The molecule has 3 aliphatic heterocycles. The molecule has 2 unspecified atom stereocenters. The second-order valence-electron chi connectivity index (χ2n) is 9.61. The third kappa shape index (κ3) is 5.49. The lowest BCUT2D eigenvalue weighted by molar-refractivity contribution is -0.144. The van der Waals surface area contributed by atoms with Crippen molar-refractivity contribution in [2.75, 3.05) is 39.4 Å². The van der Waals surface area contributed by atoms with Crippen LogP contribution in [-0.2, 0) is 25.5 Å². The second-order valence-corrected chi connectivity index (χ2v) is 9.61. The molecule has 0 radical (unpaired) electrons. The number of rotatable bonds is 6. The predicted molar refractivity (Wildman–Crippen MR) is 121 cm³/mol. The van der Waals surface area contributed by atoms with Crippen molar-refractivity contribution in [1.29, 1.82) is 0 Å². The number of nitrogens with one attached hydrogen (secondary N) is 1. The molecule has 32 heavy (non-hydrogen) atoms. The highest BCUT2D eigenvalue weighted by atomic mass is 16.5. The van der Waals surface area contributed by atoms with Crippen molar-refractivity contribution in [2.24, 2.45) is 5.92 Å². The molecular formula is C25H35N3O4. The molecular weight excluding hydrogens is 406 g/mol. The summed E-state index contributed by atoms with van der Waals surface area (Å²) in [5.74, 6) is 0.204. The van der Waals surface area contributed by atoms with Gasteiger partial charge in [-0.3, -0.25) is 14.4 Å². The molecule has 1 N–H and O–H groups in total. The van der Waals surface area contributed by atoms with Crippen LogP contribution in [-0.4, -0.2) is 72.5 Å². The molecule has 3 amide bonds. The molecule has 0 spiro atoms. The number of nitrogens with zero attached hydrogens (tertiary/aromatic N) is 2. The molecule has 2 atom stereocenters. The van der Waals surface area contributed by atoms with Gasteiger partial charge >= 0.3 is 0 Å². The van der Waals surface area contributed by atoms with Gasteiger partial charge in [0.1, 0.15) is 0 Å². The Kier molecular flexibility index (Phi) is 7.13. The van der Waals surface area contributed by atoms with Crippen LogP contribution in [0.2, 0.25) is 0 Å². The Morgan fingerprint density at radius 3 is 2.56 bits per heavy atom. The predicted octanol–water partition coefficient (Wildman–Crippen LogP) is 2.06. The van der Waals surface area contributed by atoms with E-state index in [-0.39, 0.29) is 29.2 Å². The molecule has 4 rings (SSSR count). The number of ether oxygens (including phenoxy) is 1. The number of piperidine rings is 1. The van der Waals surface area contributed by atoms with Crippen molar-refractivity contribution < 1.29 is 19.1 Å². The highest BCUT2D eigenvalue weighted by Gasteiger charge is 2.39. The van der Waals surface area contributed by atoms with E-state index >= 15 is 0 Å². The van der Waals surface area contributed by atoms with E-state index in [1.165, 1.54) is 11.1 Å². The van der Waals surface area contributed by atoms with Crippen LogP contribution in [0.3, 0.4) is 0 Å². The van der Waals surface area contributed by atoms with E-state index < -0.39 is 0 Å². The lowest BCUT2D eigenvalue weighted by atomic mass is 9.84. The number of hydrogen-bond donors (Lipinski definition) is 1. The minimum atomic E-state index is -0.360. The number of carbonyl (C=O) groups is 3. The molecule has 3 aliphatic rings.